The maximum absolute atomic E-state index is 12.9. The quantitative estimate of drug-likeness (QED) is 0.501. The molecule has 1 atom stereocenters. The SMILES string of the molecule is Cc1ccc(C(=O)NC[C@H](c2ccco2)N2CCCC2)cc1S(=O)(=O)NCc1ccccc1. The number of furan rings is 1. The van der Waals surface area contributed by atoms with Gasteiger partial charge in [0, 0.05) is 18.7 Å². The molecule has 0 saturated carbocycles. The molecule has 0 bridgehead atoms. The van der Waals surface area contributed by atoms with Gasteiger partial charge in [0.15, 0.2) is 0 Å². The Bertz CT molecular complexity index is 1170. The maximum atomic E-state index is 12.9. The molecule has 0 spiro atoms. The van der Waals surface area contributed by atoms with E-state index < -0.39 is 10.0 Å². The topological polar surface area (TPSA) is 91.7 Å². The van der Waals surface area contributed by atoms with Crippen molar-refractivity contribution in [2.24, 2.45) is 0 Å². The van der Waals surface area contributed by atoms with E-state index >= 15 is 0 Å². The minimum absolute atomic E-state index is 0.0485. The molecular formula is C25H29N3O4S. The van der Waals surface area contributed by atoms with E-state index in [9.17, 15) is 13.2 Å². The first-order valence-corrected chi connectivity index (χ1v) is 12.6. The van der Waals surface area contributed by atoms with Crippen LogP contribution >= 0.6 is 0 Å². The Morgan fingerprint density at radius 3 is 2.52 bits per heavy atom. The van der Waals surface area contributed by atoms with Crippen molar-refractivity contribution in [3.8, 4) is 0 Å². The third-order valence-corrected chi connectivity index (χ3v) is 7.50. The smallest absolute Gasteiger partial charge is 0.251 e. The lowest BCUT2D eigenvalue weighted by Gasteiger charge is -2.26. The molecule has 2 heterocycles. The summed E-state index contributed by atoms with van der Waals surface area (Å²) in [7, 11) is -3.78. The predicted octanol–water partition coefficient (Wildman–Crippen LogP) is 3.63. The van der Waals surface area contributed by atoms with Crippen molar-refractivity contribution in [3.05, 3.63) is 89.4 Å². The van der Waals surface area contributed by atoms with Gasteiger partial charge in [0.05, 0.1) is 17.2 Å². The number of carbonyl (C=O) groups excluding carboxylic acids is 1. The molecule has 3 aromatic rings. The number of benzene rings is 2. The van der Waals surface area contributed by atoms with E-state index in [4.69, 9.17) is 4.42 Å². The minimum Gasteiger partial charge on any atom is -0.468 e. The van der Waals surface area contributed by atoms with Crippen LogP contribution in [-0.4, -0.2) is 38.9 Å². The molecule has 1 fully saturated rings. The van der Waals surface area contributed by atoms with Crippen molar-refractivity contribution in [2.45, 2.75) is 37.2 Å². The van der Waals surface area contributed by atoms with E-state index in [1.54, 1.807) is 25.3 Å². The Balaban J connectivity index is 1.46. The first-order chi connectivity index (χ1) is 15.9. The fourth-order valence-corrected chi connectivity index (χ4v) is 5.40. The number of hydrogen-bond acceptors (Lipinski definition) is 5. The van der Waals surface area contributed by atoms with Crippen LogP contribution in [0.4, 0.5) is 0 Å². The van der Waals surface area contributed by atoms with Crippen molar-refractivity contribution >= 4 is 15.9 Å². The zero-order valence-electron chi connectivity index (χ0n) is 18.7. The van der Waals surface area contributed by atoms with Gasteiger partial charge in [-0.1, -0.05) is 36.4 Å². The fraction of sp³-hybridized carbons (Fsp3) is 0.320. The van der Waals surface area contributed by atoms with Gasteiger partial charge < -0.3 is 9.73 Å². The average Bonchev–Trinajstić information content (AvgIpc) is 3.54. The standard InChI is InChI=1S/C25H29N3O4S/c1-19-11-12-21(16-24(19)33(30,31)27-17-20-8-3-2-4-9-20)25(29)26-18-22(23-10-7-15-32-23)28-13-5-6-14-28/h2-4,7-12,15-16,22,27H,5-6,13-14,17-18H2,1H3,(H,26,29)/t22-/m1/s1. The summed E-state index contributed by atoms with van der Waals surface area (Å²) in [5, 5.41) is 2.96. The number of rotatable bonds is 9. The van der Waals surface area contributed by atoms with Crippen molar-refractivity contribution in [3.63, 3.8) is 0 Å². The van der Waals surface area contributed by atoms with Crippen LogP contribution in [0.2, 0.25) is 0 Å². The van der Waals surface area contributed by atoms with Gasteiger partial charge in [-0.3, -0.25) is 9.69 Å². The van der Waals surface area contributed by atoms with E-state index in [0.29, 0.717) is 17.7 Å². The molecule has 8 heteroatoms. The van der Waals surface area contributed by atoms with Crippen LogP contribution in [0.1, 0.15) is 46.1 Å². The molecule has 1 aliphatic rings. The Morgan fingerprint density at radius 2 is 1.82 bits per heavy atom. The first kappa shape index (κ1) is 23.2. The highest BCUT2D eigenvalue weighted by Crippen LogP contribution is 2.25. The van der Waals surface area contributed by atoms with Gasteiger partial charge in [-0.15, -0.1) is 0 Å². The van der Waals surface area contributed by atoms with Crippen molar-refractivity contribution in [1.29, 1.82) is 0 Å². The van der Waals surface area contributed by atoms with E-state index in [1.165, 1.54) is 6.07 Å². The Kier molecular flexibility index (Phi) is 7.27. The molecule has 1 aromatic heterocycles. The van der Waals surface area contributed by atoms with Crippen LogP contribution in [0.15, 0.2) is 76.2 Å². The molecule has 0 unspecified atom stereocenters. The Labute approximate surface area is 194 Å². The number of nitrogens with one attached hydrogen (secondary N) is 2. The van der Waals surface area contributed by atoms with E-state index in [0.717, 1.165) is 37.3 Å². The van der Waals surface area contributed by atoms with Crippen LogP contribution in [0, 0.1) is 6.92 Å². The highest BCUT2D eigenvalue weighted by molar-refractivity contribution is 7.89. The van der Waals surface area contributed by atoms with Crippen molar-refractivity contribution in [1.82, 2.24) is 14.9 Å². The number of nitrogens with zero attached hydrogens (tertiary/aromatic N) is 1. The highest BCUT2D eigenvalue weighted by atomic mass is 32.2. The molecule has 2 aromatic carbocycles. The Morgan fingerprint density at radius 1 is 1.06 bits per heavy atom. The summed E-state index contributed by atoms with van der Waals surface area (Å²) in [6, 6.07) is 17.8. The van der Waals surface area contributed by atoms with Gasteiger partial charge in [-0.05, 0) is 68.2 Å². The van der Waals surface area contributed by atoms with Crippen molar-refractivity contribution in [2.75, 3.05) is 19.6 Å². The monoisotopic (exact) mass is 467 g/mol. The molecule has 1 saturated heterocycles. The number of likely N-dealkylation sites (tertiary alicyclic amines) is 1. The lowest BCUT2D eigenvalue weighted by Crippen LogP contribution is -2.36. The lowest BCUT2D eigenvalue weighted by molar-refractivity contribution is 0.0933. The fourth-order valence-electron chi connectivity index (χ4n) is 4.12. The summed E-state index contributed by atoms with van der Waals surface area (Å²) >= 11 is 0. The van der Waals surface area contributed by atoms with Crippen LogP contribution in [0.25, 0.3) is 0 Å². The molecule has 4 rings (SSSR count). The summed E-state index contributed by atoms with van der Waals surface area (Å²) < 4.78 is 34.1. The largest absolute Gasteiger partial charge is 0.468 e. The zero-order valence-corrected chi connectivity index (χ0v) is 19.5. The molecular weight excluding hydrogens is 438 g/mol. The molecule has 1 aliphatic heterocycles. The Hall–Kier alpha value is -2.94. The molecule has 1 amide bonds. The van der Waals surface area contributed by atoms with Gasteiger partial charge >= 0.3 is 0 Å². The van der Waals surface area contributed by atoms with E-state index in [-0.39, 0.29) is 23.4 Å². The second kappa shape index (κ2) is 10.3. The number of carbonyl (C=O) groups is 1. The number of hydrogen-bond donors (Lipinski definition) is 2. The van der Waals surface area contributed by atoms with E-state index in [1.807, 2.05) is 42.5 Å². The van der Waals surface area contributed by atoms with Crippen LogP contribution in [-0.2, 0) is 16.6 Å². The zero-order chi connectivity index (χ0) is 23.3. The number of amides is 1. The van der Waals surface area contributed by atoms with Crippen molar-refractivity contribution < 1.29 is 17.6 Å². The third-order valence-electron chi connectivity index (χ3n) is 5.96. The summed E-state index contributed by atoms with van der Waals surface area (Å²) in [6.45, 7) is 4.20. The summed E-state index contributed by atoms with van der Waals surface area (Å²) in [6.07, 6.45) is 3.89. The van der Waals surface area contributed by atoms with Crippen LogP contribution < -0.4 is 10.0 Å². The third kappa shape index (κ3) is 5.71. The second-order valence-corrected chi connectivity index (χ2v) is 10.0. The molecule has 0 radical (unpaired) electrons. The maximum Gasteiger partial charge on any atom is 0.251 e. The second-order valence-electron chi connectivity index (χ2n) is 8.27. The minimum atomic E-state index is -3.78. The van der Waals surface area contributed by atoms with Gasteiger partial charge in [0.25, 0.3) is 5.91 Å². The normalized spacial score (nSPS) is 15.4. The van der Waals surface area contributed by atoms with Gasteiger partial charge in [-0.25, -0.2) is 13.1 Å². The van der Waals surface area contributed by atoms with Gasteiger partial charge in [0.2, 0.25) is 10.0 Å². The molecule has 33 heavy (non-hydrogen) atoms. The molecule has 7 nitrogen and oxygen atoms in total. The highest BCUT2D eigenvalue weighted by Gasteiger charge is 2.26. The average molecular weight is 468 g/mol. The van der Waals surface area contributed by atoms with Gasteiger partial charge in [0.1, 0.15) is 5.76 Å². The molecule has 0 aliphatic carbocycles. The molecule has 174 valence electrons. The first-order valence-electron chi connectivity index (χ1n) is 11.1. The molecule has 2 N–H and O–H groups in total. The predicted molar refractivity (Wildman–Crippen MR) is 126 cm³/mol. The van der Waals surface area contributed by atoms with Crippen LogP contribution in [0.5, 0.6) is 0 Å². The number of sulfonamides is 1. The lowest BCUT2D eigenvalue weighted by atomic mass is 10.1. The summed E-state index contributed by atoms with van der Waals surface area (Å²) in [4.78, 5) is 15.3. The van der Waals surface area contributed by atoms with Gasteiger partial charge in [-0.2, -0.15) is 0 Å². The van der Waals surface area contributed by atoms with E-state index in [2.05, 4.69) is 14.9 Å². The van der Waals surface area contributed by atoms with Crippen LogP contribution in [0.3, 0.4) is 0 Å². The summed E-state index contributed by atoms with van der Waals surface area (Å²) in [5.74, 6) is 0.500. The summed E-state index contributed by atoms with van der Waals surface area (Å²) in [5.41, 5.74) is 1.75. The number of aryl methyl sites for hydroxylation is 1.